The smallest absolute Gasteiger partial charge is 0.176 e. The van der Waals surface area contributed by atoms with Crippen molar-refractivity contribution >= 4 is 16.6 Å². The normalized spacial score (nSPS) is 10.6. The van der Waals surface area contributed by atoms with Gasteiger partial charge in [0.1, 0.15) is 0 Å². The quantitative estimate of drug-likeness (QED) is 0.794. The number of pyridine rings is 1. The molecule has 2 N–H and O–H groups in total. The van der Waals surface area contributed by atoms with Gasteiger partial charge in [0.2, 0.25) is 0 Å². The molecule has 0 saturated carbocycles. The largest absolute Gasteiger partial charge is 0.324 e. The van der Waals surface area contributed by atoms with Gasteiger partial charge in [-0.05, 0) is 23.4 Å². The second kappa shape index (κ2) is 4.41. The molecule has 82 valence electrons. The minimum absolute atomic E-state index is 0.0381. The highest BCUT2D eigenvalue weighted by Gasteiger charge is 2.05. The number of fused-ring (bicyclic) bond motifs is 1. The molecule has 0 bridgehead atoms. The summed E-state index contributed by atoms with van der Waals surface area (Å²) in [5.74, 6) is -0.0381. The van der Waals surface area contributed by atoms with Crippen LogP contribution in [0, 0.1) is 0 Å². The first-order valence-corrected chi connectivity index (χ1v) is 5.36. The van der Waals surface area contributed by atoms with E-state index in [4.69, 9.17) is 5.73 Å². The van der Waals surface area contributed by atoms with E-state index in [0.29, 0.717) is 5.56 Å². The molecule has 0 fully saturated rings. The Balaban J connectivity index is 2.59. The molecule has 0 unspecified atom stereocenters. The average molecular weight is 214 g/mol. The topological polar surface area (TPSA) is 56.0 Å². The lowest BCUT2D eigenvalue weighted by Crippen LogP contribution is -2.13. The SMILES string of the molecule is CCc1cncc2cc(C(=O)CN)ccc12. The zero-order valence-corrected chi connectivity index (χ0v) is 9.23. The molecule has 1 aromatic heterocycles. The van der Waals surface area contributed by atoms with E-state index in [-0.39, 0.29) is 12.3 Å². The van der Waals surface area contributed by atoms with Crippen molar-refractivity contribution < 1.29 is 4.79 Å². The number of hydrogen-bond acceptors (Lipinski definition) is 3. The highest BCUT2D eigenvalue weighted by molar-refractivity contribution is 6.01. The number of aryl methyl sites for hydroxylation is 1. The third-order valence-electron chi connectivity index (χ3n) is 2.73. The number of nitrogens with zero attached hydrogens (tertiary/aromatic N) is 1. The summed E-state index contributed by atoms with van der Waals surface area (Å²) in [6, 6.07) is 5.66. The molecule has 3 nitrogen and oxygen atoms in total. The molecule has 2 aromatic rings. The fourth-order valence-electron chi connectivity index (χ4n) is 1.81. The van der Waals surface area contributed by atoms with Crippen LogP contribution in [-0.4, -0.2) is 17.3 Å². The van der Waals surface area contributed by atoms with Gasteiger partial charge in [0.15, 0.2) is 5.78 Å². The highest BCUT2D eigenvalue weighted by Crippen LogP contribution is 2.19. The van der Waals surface area contributed by atoms with Crippen LogP contribution in [0.4, 0.5) is 0 Å². The molecule has 0 radical (unpaired) electrons. The molecule has 3 heteroatoms. The van der Waals surface area contributed by atoms with Gasteiger partial charge in [0, 0.05) is 23.3 Å². The third kappa shape index (κ3) is 1.82. The maximum Gasteiger partial charge on any atom is 0.176 e. The number of Topliss-reactive ketones (excluding diaryl/α,β-unsaturated/α-hetero) is 1. The third-order valence-corrected chi connectivity index (χ3v) is 2.73. The average Bonchev–Trinajstić information content (AvgIpc) is 2.36. The summed E-state index contributed by atoms with van der Waals surface area (Å²) < 4.78 is 0. The first kappa shape index (κ1) is 10.8. The molecule has 0 aliphatic rings. The molecule has 0 aliphatic carbocycles. The zero-order chi connectivity index (χ0) is 11.5. The van der Waals surface area contributed by atoms with Crippen molar-refractivity contribution in [2.45, 2.75) is 13.3 Å². The van der Waals surface area contributed by atoms with E-state index in [0.717, 1.165) is 17.2 Å². The first-order valence-electron chi connectivity index (χ1n) is 5.36. The molecule has 0 spiro atoms. The van der Waals surface area contributed by atoms with E-state index in [1.165, 1.54) is 5.56 Å². The second-order valence-electron chi connectivity index (χ2n) is 3.72. The van der Waals surface area contributed by atoms with Crippen molar-refractivity contribution in [3.05, 3.63) is 41.7 Å². The molecule has 2 rings (SSSR count). The summed E-state index contributed by atoms with van der Waals surface area (Å²) in [5.41, 5.74) is 7.19. The molecule has 0 saturated heterocycles. The Labute approximate surface area is 94.3 Å². The molecule has 0 atom stereocenters. The van der Waals surface area contributed by atoms with Crippen LogP contribution in [0.2, 0.25) is 0 Å². The van der Waals surface area contributed by atoms with Crippen LogP contribution in [-0.2, 0) is 6.42 Å². The highest BCUT2D eigenvalue weighted by atomic mass is 16.1. The van der Waals surface area contributed by atoms with Gasteiger partial charge in [0.25, 0.3) is 0 Å². The van der Waals surface area contributed by atoms with Crippen molar-refractivity contribution in [2.24, 2.45) is 5.73 Å². The van der Waals surface area contributed by atoms with Gasteiger partial charge < -0.3 is 5.73 Å². The molecular weight excluding hydrogens is 200 g/mol. The van der Waals surface area contributed by atoms with Crippen LogP contribution in [0.25, 0.3) is 10.8 Å². The lowest BCUT2D eigenvalue weighted by molar-refractivity contribution is 0.100. The summed E-state index contributed by atoms with van der Waals surface area (Å²) in [4.78, 5) is 15.6. The van der Waals surface area contributed by atoms with Gasteiger partial charge in [-0.25, -0.2) is 0 Å². The Bertz CT molecular complexity index is 534. The first-order chi connectivity index (χ1) is 7.76. The lowest BCUT2D eigenvalue weighted by atomic mass is 10.0. The minimum atomic E-state index is -0.0381. The number of carbonyl (C=O) groups excluding carboxylic acids is 1. The molecule has 1 aromatic carbocycles. The van der Waals surface area contributed by atoms with Crippen LogP contribution < -0.4 is 5.73 Å². The number of carbonyl (C=O) groups is 1. The Morgan fingerprint density at radius 2 is 2.19 bits per heavy atom. The minimum Gasteiger partial charge on any atom is -0.324 e. The van der Waals surface area contributed by atoms with Crippen molar-refractivity contribution in [3.8, 4) is 0 Å². The molecule has 0 amide bonds. The maximum atomic E-state index is 11.5. The van der Waals surface area contributed by atoms with E-state index in [1.54, 1.807) is 6.20 Å². The fourth-order valence-corrected chi connectivity index (χ4v) is 1.81. The summed E-state index contributed by atoms with van der Waals surface area (Å²) >= 11 is 0. The van der Waals surface area contributed by atoms with Crippen LogP contribution in [0.3, 0.4) is 0 Å². The van der Waals surface area contributed by atoms with Gasteiger partial charge in [-0.2, -0.15) is 0 Å². The summed E-state index contributed by atoms with van der Waals surface area (Å²) in [5, 5.41) is 2.16. The molecule has 16 heavy (non-hydrogen) atoms. The van der Waals surface area contributed by atoms with Crippen LogP contribution in [0.15, 0.2) is 30.6 Å². The number of hydrogen-bond donors (Lipinski definition) is 1. The lowest BCUT2D eigenvalue weighted by Gasteiger charge is -2.05. The van der Waals surface area contributed by atoms with Gasteiger partial charge in [-0.15, -0.1) is 0 Å². The number of ketones is 1. The number of rotatable bonds is 3. The van der Waals surface area contributed by atoms with Gasteiger partial charge in [-0.1, -0.05) is 19.1 Å². The fraction of sp³-hybridized carbons (Fsp3) is 0.231. The van der Waals surface area contributed by atoms with Crippen molar-refractivity contribution in [2.75, 3.05) is 6.54 Å². The van der Waals surface area contributed by atoms with E-state index >= 15 is 0 Å². The predicted octanol–water partition coefficient (Wildman–Crippen LogP) is 1.94. The van der Waals surface area contributed by atoms with Crippen LogP contribution in [0.5, 0.6) is 0 Å². The molecule has 1 heterocycles. The Morgan fingerprint density at radius 3 is 2.88 bits per heavy atom. The Kier molecular flexibility index (Phi) is 2.97. The standard InChI is InChI=1S/C13H14N2O/c1-2-9-7-15-8-11-5-10(13(16)6-14)3-4-12(9)11/h3-5,7-8H,2,6,14H2,1H3. The number of benzene rings is 1. The zero-order valence-electron chi connectivity index (χ0n) is 9.23. The number of nitrogens with two attached hydrogens (primary N) is 1. The summed E-state index contributed by atoms with van der Waals surface area (Å²) in [6.07, 6.45) is 4.59. The van der Waals surface area contributed by atoms with E-state index in [1.807, 2.05) is 24.4 Å². The van der Waals surface area contributed by atoms with E-state index < -0.39 is 0 Å². The Hall–Kier alpha value is -1.74. The second-order valence-corrected chi connectivity index (χ2v) is 3.72. The van der Waals surface area contributed by atoms with Crippen LogP contribution >= 0.6 is 0 Å². The maximum absolute atomic E-state index is 11.5. The van der Waals surface area contributed by atoms with Gasteiger partial charge >= 0.3 is 0 Å². The molecule has 0 aliphatic heterocycles. The van der Waals surface area contributed by atoms with E-state index in [9.17, 15) is 4.79 Å². The van der Waals surface area contributed by atoms with Gasteiger partial charge in [-0.3, -0.25) is 9.78 Å². The predicted molar refractivity (Wildman–Crippen MR) is 64.5 cm³/mol. The van der Waals surface area contributed by atoms with Gasteiger partial charge in [0.05, 0.1) is 6.54 Å². The van der Waals surface area contributed by atoms with Crippen LogP contribution in [0.1, 0.15) is 22.8 Å². The van der Waals surface area contributed by atoms with Crippen molar-refractivity contribution in [1.29, 1.82) is 0 Å². The van der Waals surface area contributed by atoms with Crippen molar-refractivity contribution in [1.82, 2.24) is 4.98 Å². The molecular formula is C13H14N2O. The van der Waals surface area contributed by atoms with E-state index in [2.05, 4.69) is 11.9 Å². The summed E-state index contributed by atoms with van der Waals surface area (Å²) in [6.45, 7) is 2.14. The van der Waals surface area contributed by atoms with Crippen molar-refractivity contribution in [3.63, 3.8) is 0 Å². The summed E-state index contributed by atoms with van der Waals surface area (Å²) in [7, 11) is 0. The number of aromatic nitrogens is 1. The monoisotopic (exact) mass is 214 g/mol. The Morgan fingerprint density at radius 1 is 1.38 bits per heavy atom.